The Morgan fingerprint density at radius 3 is 2.77 bits per heavy atom. The van der Waals surface area contributed by atoms with E-state index in [2.05, 4.69) is 33.5 Å². The van der Waals surface area contributed by atoms with Gasteiger partial charge in [-0.25, -0.2) is 4.39 Å². The van der Waals surface area contributed by atoms with Crippen LogP contribution in [0, 0.1) is 12.7 Å². The molecule has 0 fully saturated rings. The first-order valence-electron chi connectivity index (χ1n) is 3.53. The van der Waals surface area contributed by atoms with Crippen molar-refractivity contribution in [3.05, 3.63) is 28.0 Å². The van der Waals surface area contributed by atoms with Gasteiger partial charge in [0.05, 0.1) is 4.47 Å². The summed E-state index contributed by atoms with van der Waals surface area (Å²) in [4.78, 5) is 0. The molecular formula is C8H8BrFN2S. The Labute approximate surface area is 89.4 Å². The third-order valence-electron chi connectivity index (χ3n) is 1.60. The van der Waals surface area contributed by atoms with Gasteiger partial charge in [-0.2, -0.15) is 0 Å². The van der Waals surface area contributed by atoms with Crippen LogP contribution in [-0.2, 0) is 0 Å². The van der Waals surface area contributed by atoms with Crippen molar-refractivity contribution >= 4 is 38.9 Å². The zero-order valence-corrected chi connectivity index (χ0v) is 9.30. The molecule has 0 aliphatic heterocycles. The molecule has 1 aromatic rings. The molecule has 0 unspecified atom stereocenters. The lowest BCUT2D eigenvalue weighted by atomic mass is 10.2. The lowest BCUT2D eigenvalue weighted by Crippen LogP contribution is -2.19. The van der Waals surface area contributed by atoms with E-state index in [1.54, 1.807) is 19.1 Å². The molecular weight excluding hydrogens is 255 g/mol. The van der Waals surface area contributed by atoms with Crippen molar-refractivity contribution in [3.63, 3.8) is 0 Å². The maximum absolute atomic E-state index is 13.3. The summed E-state index contributed by atoms with van der Waals surface area (Å²) in [6, 6.07) is 3.31. The second-order valence-electron chi connectivity index (χ2n) is 2.52. The minimum absolute atomic E-state index is 0.129. The van der Waals surface area contributed by atoms with Crippen LogP contribution in [0.4, 0.5) is 10.1 Å². The molecule has 0 saturated carbocycles. The van der Waals surface area contributed by atoms with E-state index in [-0.39, 0.29) is 10.9 Å². The summed E-state index contributed by atoms with van der Waals surface area (Å²) in [5.41, 5.74) is 6.35. The van der Waals surface area contributed by atoms with Gasteiger partial charge in [0.1, 0.15) is 5.82 Å². The molecule has 0 saturated heterocycles. The predicted molar refractivity (Wildman–Crippen MR) is 59.2 cm³/mol. The van der Waals surface area contributed by atoms with Crippen LogP contribution in [0.3, 0.4) is 0 Å². The second kappa shape index (κ2) is 4.02. The molecule has 0 aromatic heterocycles. The lowest BCUT2D eigenvalue weighted by molar-refractivity contribution is 0.612. The van der Waals surface area contributed by atoms with Crippen molar-refractivity contribution < 1.29 is 4.39 Å². The molecule has 0 amide bonds. The fourth-order valence-electron chi connectivity index (χ4n) is 0.920. The van der Waals surface area contributed by atoms with Crippen molar-refractivity contribution in [2.75, 3.05) is 5.32 Å². The van der Waals surface area contributed by atoms with E-state index in [1.807, 2.05) is 0 Å². The van der Waals surface area contributed by atoms with Crippen LogP contribution in [0.15, 0.2) is 16.6 Å². The minimum Gasteiger partial charge on any atom is -0.376 e. The molecule has 1 rings (SSSR count). The fraction of sp³-hybridized carbons (Fsp3) is 0.125. The largest absolute Gasteiger partial charge is 0.376 e. The first-order valence-corrected chi connectivity index (χ1v) is 4.73. The molecule has 70 valence electrons. The van der Waals surface area contributed by atoms with Gasteiger partial charge in [0.2, 0.25) is 0 Å². The minimum atomic E-state index is -0.304. The number of hydrogen-bond acceptors (Lipinski definition) is 1. The van der Waals surface area contributed by atoms with Gasteiger partial charge in [-0.15, -0.1) is 0 Å². The Kier molecular flexibility index (Phi) is 3.22. The van der Waals surface area contributed by atoms with E-state index in [4.69, 9.17) is 5.73 Å². The highest BCUT2D eigenvalue weighted by Gasteiger charge is 2.07. The van der Waals surface area contributed by atoms with Crippen LogP contribution in [0.5, 0.6) is 0 Å². The summed E-state index contributed by atoms with van der Waals surface area (Å²) in [6.07, 6.45) is 0. The summed E-state index contributed by atoms with van der Waals surface area (Å²) in [5, 5.41) is 2.82. The van der Waals surface area contributed by atoms with Crippen molar-refractivity contribution in [2.24, 2.45) is 5.73 Å². The Morgan fingerprint density at radius 1 is 1.62 bits per heavy atom. The Balaban J connectivity index is 3.10. The van der Waals surface area contributed by atoms with Gasteiger partial charge >= 0.3 is 0 Å². The Bertz CT molecular complexity index is 354. The van der Waals surface area contributed by atoms with Crippen molar-refractivity contribution in [3.8, 4) is 0 Å². The second-order valence-corrected chi connectivity index (χ2v) is 3.82. The van der Waals surface area contributed by atoms with Crippen molar-refractivity contribution in [1.29, 1.82) is 0 Å². The summed E-state index contributed by atoms with van der Waals surface area (Å²) in [5.74, 6) is -0.304. The zero-order chi connectivity index (χ0) is 10.0. The number of thiocarbonyl (C=S) groups is 1. The van der Waals surface area contributed by atoms with Gasteiger partial charge in [0.25, 0.3) is 0 Å². The third kappa shape index (κ3) is 2.38. The molecule has 0 bridgehead atoms. The van der Waals surface area contributed by atoms with Gasteiger partial charge in [-0.3, -0.25) is 0 Å². The van der Waals surface area contributed by atoms with E-state index in [9.17, 15) is 4.39 Å². The Hall–Kier alpha value is -0.680. The molecule has 0 heterocycles. The van der Waals surface area contributed by atoms with Crippen LogP contribution < -0.4 is 11.1 Å². The standard InChI is InChI=1S/C8H8BrFN2S/c1-4-6(12-8(11)13)3-2-5(9)7(4)10/h2-3H,1H3,(H3,11,12,13). The molecule has 3 N–H and O–H groups in total. The number of halogens is 2. The molecule has 5 heteroatoms. The molecule has 0 spiro atoms. The molecule has 13 heavy (non-hydrogen) atoms. The number of hydrogen-bond donors (Lipinski definition) is 2. The molecule has 2 nitrogen and oxygen atoms in total. The van der Waals surface area contributed by atoms with E-state index in [1.165, 1.54) is 0 Å². The molecule has 0 atom stereocenters. The third-order valence-corrected chi connectivity index (χ3v) is 2.31. The molecule has 0 radical (unpaired) electrons. The predicted octanol–water partition coefficient (Wildman–Crippen LogP) is 2.55. The van der Waals surface area contributed by atoms with E-state index in [0.717, 1.165) is 0 Å². The molecule has 0 aliphatic carbocycles. The summed E-state index contributed by atoms with van der Waals surface area (Å²) < 4.78 is 13.7. The van der Waals surface area contributed by atoms with Gasteiger partial charge < -0.3 is 11.1 Å². The fourth-order valence-corrected chi connectivity index (χ4v) is 1.46. The SMILES string of the molecule is Cc1c(NC(N)=S)ccc(Br)c1F. The highest BCUT2D eigenvalue weighted by molar-refractivity contribution is 9.10. The summed E-state index contributed by atoms with van der Waals surface area (Å²) in [6.45, 7) is 1.65. The van der Waals surface area contributed by atoms with Crippen molar-refractivity contribution in [1.82, 2.24) is 0 Å². The van der Waals surface area contributed by atoms with E-state index >= 15 is 0 Å². The van der Waals surface area contributed by atoms with E-state index in [0.29, 0.717) is 15.7 Å². The normalized spacial score (nSPS) is 9.77. The van der Waals surface area contributed by atoms with Crippen LogP contribution in [-0.4, -0.2) is 5.11 Å². The average Bonchev–Trinajstić information content (AvgIpc) is 2.06. The van der Waals surface area contributed by atoms with E-state index < -0.39 is 0 Å². The number of nitrogens with one attached hydrogen (secondary N) is 1. The van der Waals surface area contributed by atoms with Gasteiger partial charge in [0, 0.05) is 11.3 Å². The van der Waals surface area contributed by atoms with Gasteiger partial charge in [0.15, 0.2) is 5.11 Å². The smallest absolute Gasteiger partial charge is 0.168 e. The highest BCUT2D eigenvalue weighted by Crippen LogP contribution is 2.24. The quantitative estimate of drug-likeness (QED) is 0.765. The van der Waals surface area contributed by atoms with Crippen molar-refractivity contribution in [2.45, 2.75) is 6.92 Å². The summed E-state index contributed by atoms with van der Waals surface area (Å²) >= 11 is 7.73. The summed E-state index contributed by atoms with van der Waals surface area (Å²) in [7, 11) is 0. The van der Waals surface area contributed by atoms with Crippen LogP contribution in [0.1, 0.15) is 5.56 Å². The monoisotopic (exact) mass is 262 g/mol. The van der Waals surface area contributed by atoms with Crippen LogP contribution in [0.25, 0.3) is 0 Å². The molecule has 1 aromatic carbocycles. The van der Waals surface area contributed by atoms with Gasteiger partial charge in [-0.05, 0) is 47.2 Å². The number of nitrogens with two attached hydrogens (primary N) is 1. The van der Waals surface area contributed by atoms with Crippen LogP contribution in [0.2, 0.25) is 0 Å². The molecule has 0 aliphatic rings. The maximum Gasteiger partial charge on any atom is 0.168 e. The first kappa shape index (κ1) is 10.4. The van der Waals surface area contributed by atoms with Gasteiger partial charge in [-0.1, -0.05) is 0 Å². The van der Waals surface area contributed by atoms with Crippen LogP contribution >= 0.6 is 28.1 Å². The first-order chi connectivity index (χ1) is 6.02. The highest BCUT2D eigenvalue weighted by atomic mass is 79.9. The number of benzene rings is 1. The number of rotatable bonds is 1. The zero-order valence-electron chi connectivity index (χ0n) is 6.90. The number of anilines is 1. The topological polar surface area (TPSA) is 38.0 Å². The lowest BCUT2D eigenvalue weighted by Gasteiger charge is -2.08. The average molecular weight is 263 g/mol. The maximum atomic E-state index is 13.3. The Morgan fingerprint density at radius 2 is 2.23 bits per heavy atom.